The Kier molecular flexibility index (Phi) is 4.25. The summed E-state index contributed by atoms with van der Waals surface area (Å²) in [6.45, 7) is 1.91. The molecule has 0 saturated heterocycles. The number of allylic oxidation sites excluding steroid dienone is 1. The molecular formula is C24H16O6. The van der Waals surface area contributed by atoms with Crippen LogP contribution in [-0.4, -0.2) is 17.9 Å². The molecule has 30 heavy (non-hydrogen) atoms. The SMILES string of the molecule is C[C@H]1Oc2ccccc2C=C1/C=C1/Oc2cc(OC(=O)c3ccco3)ccc2C1=O. The molecule has 148 valence electrons. The first-order valence-electron chi connectivity index (χ1n) is 9.40. The average molecular weight is 400 g/mol. The van der Waals surface area contributed by atoms with Crippen LogP contribution in [0.1, 0.15) is 33.4 Å². The quantitative estimate of drug-likeness (QED) is 0.356. The molecule has 0 N–H and O–H groups in total. The largest absolute Gasteiger partial charge is 0.485 e. The molecule has 0 unspecified atom stereocenters. The van der Waals surface area contributed by atoms with E-state index in [-0.39, 0.29) is 29.2 Å². The summed E-state index contributed by atoms with van der Waals surface area (Å²) in [5.41, 5.74) is 2.18. The highest BCUT2D eigenvalue weighted by Gasteiger charge is 2.29. The van der Waals surface area contributed by atoms with Crippen molar-refractivity contribution < 1.29 is 28.2 Å². The van der Waals surface area contributed by atoms with Gasteiger partial charge in [-0.2, -0.15) is 0 Å². The van der Waals surface area contributed by atoms with Crippen LogP contribution in [0.5, 0.6) is 17.2 Å². The summed E-state index contributed by atoms with van der Waals surface area (Å²) in [6.07, 6.45) is 4.84. The van der Waals surface area contributed by atoms with Gasteiger partial charge in [0.2, 0.25) is 11.5 Å². The predicted octanol–water partition coefficient (Wildman–Crippen LogP) is 4.82. The molecule has 1 aromatic heterocycles. The van der Waals surface area contributed by atoms with Gasteiger partial charge in [0, 0.05) is 11.6 Å². The van der Waals surface area contributed by atoms with Gasteiger partial charge in [-0.15, -0.1) is 0 Å². The van der Waals surface area contributed by atoms with E-state index in [0.29, 0.717) is 11.3 Å². The molecule has 0 saturated carbocycles. The molecule has 0 aliphatic carbocycles. The fourth-order valence-corrected chi connectivity index (χ4v) is 3.36. The van der Waals surface area contributed by atoms with Crippen molar-refractivity contribution in [3.63, 3.8) is 0 Å². The van der Waals surface area contributed by atoms with Crippen molar-refractivity contribution in [1.29, 1.82) is 0 Å². The van der Waals surface area contributed by atoms with E-state index >= 15 is 0 Å². The summed E-state index contributed by atoms with van der Waals surface area (Å²) in [7, 11) is 0. The molecule has 3 heterocycles. The molecule has 6 heteroatoms. The highest BCUT2D eigenvalue weighted by molar-refractivity contribution is 6.12. The third kappa shape index (κ3) is 3.18. The van der Waals surface area contributed by atoms with Gasteiger partial charge in [-0.1, -0.05) is 18.2 Å². The Morgan fingerprint density at radius 3 is 2.77 bits per heavy atom. The van der Waals surface area contributed by atoms with E-state index in [0.717, 1.165) is 16.9 Å². The molecule has 5 rings (SSSR count). The molecule has 2 aliphatic rings. The fourth-order valence-electron chi connectivity index (χ4n) is 3.36. The number of carbonyl (C=O) groups excluding carboxylic acids is 2. The molecule has 0 spiro atoms. The second-order valence-electron chi connectivity index (χ2n) is 6.91. The standard InChI is InChI=1S/C24H16O6/c1-14-16(11-15-5-2-3-6-19(15)28-14)12-22-23(25)18-9-8-17(13-21(18)30-22)29-24(26)20-7-4-10-27-20/h2-14H,1H3/b22-12+/t14-/m1/s1. The number of rotatable bonds is 3. The Morgan fingerprint density at radius 1 is 1.07 bits per heavy atom. The third-order valence-corrected chi connectivity index (χ3v) is 4.89. The number of carbonyl (C=O) groups is 2. The second-order valence-corrected chi connectivity index (χ2v) is 6.91. The molecule has 0 bridgehead atoms. The first kappa shape index (κ1) is 18.0. The molecule has 6 nitrogen and oxygen atoms in total. The van der Waals surface area contributed by atoms with Crippen LogP contribution >= 0.6 is 0 Å². The van der Waals surface area contributed by atoms with Gasteiger partial charge in [-0.05, 0) is 55.0 Å². The van der Waals surface area contributed by atoms with Crippen LogP contribution < -0.4 is 14.2 Å². The molecule has 2 aromatic carbocycles. The smallest absolute Gasteiger partial charge is 0.379 e. The van der Waals surface area contributed by atoms with Gasteiger partial charge in [-0.25, -0.2) is 4.79 Å². The normalized spacial score (nSPS) is 18.2. The van der Waals surface area contributed by atoms with Gasteiger partial charge in [0.25, 0.3) is 0 Å². The van der Waals surface area contributed by atoms with Crippen molar-refractivity contribution >= 4 is 17.8 Å². The number of benzene rings is 2. The molecule has 2 aliphatic heterocycles. The Hall–Kier alpha value is -4.06. The van der Waals surface area contributed by atoms with E-state index in [1.54, 1.807) is 24.3 Å². The number of ketones is 1. The maximum atomic E-state index is 12.8. The molecule has 0 radical (unpaired) electrons. The van der Waals surface area contributed by atoms with Crippen LogP contribution in [0.3, 0.4) is 0 Å². The lowest BCUT2D eigenvalue weighted by atomic mass is 10.0. The Balaban J connectivity index is 1.40. The number of fused-ring (bicyclic) bond motifs is 2. The summed E-state index contributed by atoms with van der Waals surface area (Å²) >= 11 is 0. The maximum Gasteiger partial charge on any atom is 0.379 e. The zero-order valence-electron chi connectivity index (χ0n) is 16.0. The third-order valence-electron chi connectivity index (χ3n) is 4.89. The number of hydrogen-bond donors (Lipinski definition) is 0. The minimum Gasteiger partial charge on any atom is -0.485 e. The Morgan fingerprint density at radius 2 is 1.93 bits per heavy atom. The Labute approximate surface area is 172 Å². The predicted molar refractivity (Wildman–Crippen MR) is 108 cm³/mol. The van der Waals surface area contributed by atoms with E-state index < -0.39 is 5.97 Å². The van der Waals surface area contributed by atoms with Gasteiger partial charge >= 0.3 is 5.97 Å². The molecule has 0 amide bonds. The summed E-state index contributed by atoms with van der Waals surface area (Å²) in [4.78, 5) is 24.8. The fraction of sp³-hybridized carbons (Fsp3) is 0.0833. The first-order valence-corrected chi connectivity index (χ1v) is 9.40. The number of esters is 1. The van der Waals surface area contributed by atoms with Crippen LogP contribution in [0.2, 0.25) is 0 Å². The van der Waals surface area contributed by atoms with E-state index in [4.69, 9.17) is 18.6 Å². The van der Waals surface area contributed by atoms with Crippen LogP contribution in [0.4, 0.5) is 0 Å². The summed E-state index contributed by atoms with van der Waals surface area (Å²) in [6, 6.07) is 15.4. The van der Waals surface area contributed by atoms with E-state index in [1.165, 1.54) is 18.4 Å². The number of hydrogen-bond acceptors (Lipinski definition) is 6. The van der Waals surface area contributed by atoms with Gasteiger partial charge in [0.15, 0.2) is 5.76 Å². The second kappa shape index (κ2) is 7.08. The molecule has 3 aromatic rings. The van der Waals surface area contributed by atoms with Gasteiger partial charge in [0.05, 0.1) is 11.8 Å². The van der Waals surface area contributed by atoms with E-state index in [2.05, 4.69) is 0 Å². The van der Waals surface area contributed by atoms with Crippen molar-refractivity contribution in [3.05, 3.63) is 95.2 Å². The van der Waals surface area contributed by atoms with Crippen molar-refractivity contribution in [2.75, 3.05) is 0 Å². The van der Waals surface area contributed by atoms with Crippen LogP contribution in [-0.2, 0) is 0 Å². The van der Waals surface area contributed by atoms with Crippen molar-refractivity contribution in [2.24, 2.45) is 0 Å². The van der Waals surface area contributed by atoms with Gasteiger partial charge in [-0.3, -0.25) is 4.79 Å². The van der Waals surface area contributed by atoms with Crippen molar-refractivity contribution in [1.82, 2.24) is 0 Å². The van der Waals surface area contributed by atoms with E-state index in [9.17, 15) is 9.59 Å². The minimum atomic E-state index is -0.628. The lowest BCUT2D eigenvalue weighted by Gasteiger charge is -2.22. The zero-order valence-corrected chi connectivity index (χ0v) is 16.0. The molecule has 0 fully saturated rings. The zero-order chi connectivity index (χ0) is 20.7. The highest BCUT2D eigenvalue weighted by Crippen LogP contribution is 2.36. The minimum absolute atomic E-state index is 0.0894. The van der Waals surface area contributed by atoms with Crippen LogP contribution in [0, 0.1) is 0 Å². The lowest BCUT2D eigenvalue weighted by Crippen LogP contribution is -2.18. The van der Waals surface area contributed by atoms with Crippen LogP contribution in [0.15, 0.2) is 82.7 Å². The Bertz CT molecular complexity index is 1220. The number of Topliss-reactive ketones (excluding diaryl/α,β-unsaturated/α-hetero) is 1. The monoisotopic (exact) mass is 400 g/mol. The topological polar surface area (TPSA) is 75.0 Å². The van der Waals surface area contributed by atoms with Crippen LogP contribution in [0.25, 0.3) is 6.08 Å². The average Bonchev–Trinajstić information content (AvgIpc) is 3.38. The van der Waals surface area contributed by atoms with Gasteiger partial charge < -0.3 is 18.6 Å². The summed E-state index contributed by atoms with van der Waals surface area (Å²) < 4.78 is 22.0. The van der Waals surface area contributed by atoms with Crippen molar-refractivity contribution in [3.8, 4) is 17.2 Å². The van der Waals surface area contributed by atoms with E-state index in [1.807, 2.05) is 37.3 Å². The molecular weight excluding hydrogens is 384 g/mol. The van der Waals surface area contributed by atoms with Gasteiger partial charge in [0.1, 0.15) is 23.4 Å². The highest BCUT2D eigenvalue weighted by atomic mass is 16.5. The maximum absolute atomic E-state index is 12.8. The first-order chi connectivity index (χ1) is 14.6. The van der Waals surface area contributed by atoms with Crippen molar-refractivity contribution in [2.45, 2.75) is 13.0 Å². The lowest BCUT2D eigenvalue weighted by molar-refractivity contribution is 0.0701. The summed E-state index contributed by atoms with van der Waals surface area (Å²) in [5.74, 6) is 0.815. The molecule has 1 atom stereocenters. The number of para-hydroxylation sites is 1. The summed E-state index contributed by atoms with van der Waals surface area (Å²) in [5, 5.41) is 0. The number of ether oxygens (including phenoxy) is 3. The number of furan rings is 1.